The molecule has 2 bridgehead atoms. The van der Waals surface area contributed by atoms with Crippen LogP contribution in [0, 0.1) is 23.7 Å². The number of hydrogen-bond donors (Lipinski definition) is 1. The molecule has 0 spiro atoms. The number of carbonyl (C=O) groups is 1. The van der Waals surface area contributed by atoms with Crippen LogP contribution in [0.1, 0.15) is 56.7 Å². The summed E-state index contributed by atoms with van der Waals surface area (Å²) in [5.74, 6) is 0.0994. The van der Waals surface area contributed by atoms with Crippen LogP contribution in [0.2, 0.25) is 5.02 Å². The summed E-state index contributed by atoms with van der Waals surface area (Å²) in [6.07, 6.45) is 4.89. The number of carbonyl (C=O) groups excluding carboxylic acids is 1. The predicted octanol–water partition coefficient (Wildman–Crippen LogP) is 5.52. The van der Waals surface area contributed by atoms with Gasteiger partial charge in [-0.25, -0.2) is 4.31 Å². The zero-order chi connectivity index (χ0) is 25.9. The smallest absolute Gasteiger partial charge is 0.345 e. The maximum atomic E-state index is 13.5. The number of fused-ring (bicyclic) bond motifs is 2. The highest BCUT2D eigenvalue weighted by atomic mass is 35.5. The molecule has 6 nitrogen and oxygen atoms in total. The molecule has 0 aromatic heterocycles. The van der Waals surface area contributed by atoms with Crippen LogP contribution in [-0.2, 0) is 21.5 Å². The number of benzene rings is 2. The Labute approximate surface area is 218 Å². The number of aryl methyl sites for hydroxylation is 1. The summed E-state index contributed by atoms with van der Waals surface area (Å²) in [6, 6.07) is 14.6. The van der Waals surface area contributed by atoms with Crippen LogP contribution in [0.3, 0.4) is 0 Å². The maximum absolute atomic E-state index is 13.5. The van der Waals surface area contributed by atoms with Gasteiger partial charge >= 0.3 is 10.2 Å². The molecule has 2 aromatic carbocycles. The first-order valence-electron chi connectivity index (χ1n) is 12.4. The Balaban J connectivity index is 1.53. The van der Waals surface area contributed by atoms with Crippen molar-refractivity contribution in [1.29, 1.82) is 0 Å². The van der Waals surface area contributed by atoms with E-state index in [0.29, 0.717) is 22.2 Å². The normalized spacial score (nSPS) is 28.0. The lowest BCUT2D eigenvalue weighted by molar-refractivity contribution is -0.117. The van der Waals surface area contributed by atoms with Gasteiger partial charge in [-0.3, -0.25) is 4.79 Å². The minimum atomic E-state index is -4.16. The van der Waals surface area contributed by atoms with Crippen molar-refractivity contribution < 1.29 is 13.2 Å². The van der Waals surface area contributed by atoms with E-state index in [9.17, 15) is 13.2 Å². The number of halogens is 1. The largest absolute Gasteiger partial charge is 0.347 e. The summed E-state index contributed by atoms with van der Waals surface area (Å²) in [5.41, 5.74) is 2.55. The topological polar surface area (TPSA) is 78.8 Å². The second-order valence-corrected chi connectivity index (χ2v) is 13.2. The highest BCUT2D eigenvalue weighted by Gasteiger charge is 2.59. The third-order valence-corrected chi connectivity index (χ3v) is 10.2. The van der Waals surface area contributed by atoms with Crippen molar-refractivity contribution in [2.75, 3.05) is 0 Å². The molecule has 3 atom stereocenters. The monoisotopic (exact) mass is 525 g/mol. The van der Waals surface area contributed by atoms with E-state index in [1.807, 2.05) is 43.3 Å². The Bertz CT molecular complexity index is 1380. The number of hydrogen-bond acceptors (Lipinski definition) is 3. The van der Waals surface area contributed by atoms with Gasteiger partial charge < -0.3 is 5.32 Å². The molecule has 1 N–H and O–H groups in total. The van der Waals surface area contributed by atoms with Crippen molar-refractivity contribution in [2.24, 2.45) is 21.1 Å². The molecule has 2 saturated carbocycles. The Morgan fingerprint density at radius 3 is 2.53 bits per heavy atom. The van der Waals surface area contributed by atoms with Crippen LogP contribution < -0.4 is 5.32 Å². The van der Waals surface area contributed by atoms with Gasteiger partial charge in [-0.15, -0.1) is 4.40 Å². The molecule has 0 saturated heterocycles. The van der Waals surface area contributed by atoms with Crippen molar-refractivity contribution >= 4 is 39.1 Å². The van der Waals surface area contributed by atoms with E-state index in [1.54, 1.807) is 18.2 Å². The van der Waals surface area contributed by atoms with Gasteiger partial charge in [-0.1, -0.05) is 68.8 Å². The Morgan fingerprint density at radius 2 is 1.89 bits per heavy atom. The minimum Gasteiger partial charge on any atom is -0.347 e. The standard InChI is InChI=1S/C28H32ClN3O3S/c1-18-14-20(10-11-22(18)29)24-15-23(31-36(34,35)32(24)17-19-8-6-5-7-9-19)25(33)30-26-27(2,3)21-12-13-28(26,4)16-21/h5-11,14-15,21,26H,12-13,16-17H2,1-4H3,(H,30,33)/t21-,26?,28-/m0/s1. The van der Waals surface area contributed by atoms with Crippen LogP contribution in [0.5, 0.6) is 0 Å². The molecule has 8 heteroatoms. The van der Waals surface area contributed by atoms with Crippen LogP contribution in [0.4, 0.5) is 0 Å². The molecule has 2 fully saturated rings. The van der Waals surface area contributed by atoms with E-state index in [1.165, 1.54) is 10.7 Å². The fourth-order valence-electron chi connectivity index (χ4n) is 6.45. The molecule has 1 unspecified atom stereocenters. The highest BCUT2D eigenvalue weighted by molar-refractivity contribution is 7.88. The molecule has 2 aromatic rings. The van der Waals surface area contributed by atoms with Gasteiger partial charge in [0.2, 0.25) is 0 Å². The van der Waals surface area contributed by atoms with Crippen molar-refractivity contribution in [1.82, 2.24) is 9.62 Å². The zero-order valence-corrected chi connectivity index (χ0v) is 22.7. The third-order valence-electron chi connectivity index (χ3n) is 8.43. The van der Waals surface area contributed by atoms with E-state index in [4.69, 9.17) is 11.6 Å². The molecule has 5 rings (SSSR count). The lowest BCUT2D eigenvalue weighted by Gasteiger charge is -2.43. The van der Waals surface area contributed by atoms with Crippen LogP contribution in [0.25, 0.3) is 5.70 Å². The van der Waals surface area contributed by atoms with Crippen molar-refractivity contribution in [3.05, 3.63) is 76.3 Å². The summed E-state index contributed by atoms with van der Waals surface area (Å²) in [6.45, 7) is 8.60. The summed E-state index contributed by atoms with van der Waals surface area (Å²) in [5, 5.41) is 3.78. The average Bonchev–Trinajstić information content (AvgIpc) is 3.31. The van der Waals surface area contributed by atoms with Crippen LogP contribution in [0.15, 0.2) is 59.0 Å². The fourth-order valence-corrected chi connectivity index (χ4v) is 7.77. The third kappa shape index (κ3) is 4.26. The molecule has 2 aliphatic carbocycles. The number of rotatable bonds is 5. The van der Waals surface area contributed by atoms with Gasteiger partial charge in [-0.05, 0) is 77.8 Å². The summed E-state index contributed by atoms with van der Waals surface area (Å²) < 4.78 is 32.2. The van der Waals surface area contributed by atoms with Gasteiger partial charge in [0.15, 0.2) is 0 Å². The molecule has 1 aliphatic heterocycles. The second kappa shape index (κ2) is 8.73. The molecular weight excluding hydrogens is 494 g/mol. The minimum absolute atomic E-state index is 0.0110. The van der Waals surface area contributed by atoms with E-state index in [2.05, 4.69) is 30.5 Å². The van der Waals surface area contributed by atoms with Gasteiger partial charge in [0.05, 0.1) is 12.2 Å². The summed E-state index contributed by atoms with van der Waals surface area (Å²) in [7, 11) is -4.16. The van der Waals surface area contributed by atoms with E-state index < -0.39 is 16.1 Å². The van der Waals surface area contributed by atoms with Gasteiger partial charge in [0.1, 0.15) is 5.71 Å². The van der Waals surface area contributed by atoms with Gasteiger partial charge in [0.25, 0.3) is 5.91 Å². The quantitative estimate of drug-likeness (QED) is 0.558. The highest BCUT2D eigenvalue weighted by Crippen LogP contribution is 2.62. The first-order valence-corrected chi connectivity index (χ1v) is 14.1. The number of amides is 1. The second-order valence-electron chi connectivity index (χ2n) is 11.3. The summed E-state index contributed by atoms with van der Waals surface area (Å²) >= 11 is 6.25. The van der Waals surface area contributed by atoms with E-state index in [-0.39, 0.29) is 29.1 Å². The zero-order valence-electron chi connectivity index (χ0n) is 21.1. The van der Waals surface area contributed by atoms with Crippen molar-refractivity contribution in [3.63, 3.8) is 0 Å². The number of nitrogens with zero attached hydrogens (tertiary/aromatic N) is 2. The average molecular weight is 526 g/mol. The first kappa shape index (κ1) is 25.0. The lowest BCUT2D eigenvalue weighted by atomic mass is 9.68. The first-order chi connectivity index (χ1) is 16.9. The number of nitrogens with one attached hydrogen (secondary N) is 1. The SMILES string of the molecule is Cc1cc(C2=CC(C(=O)NC3C(C)(C)[C@H]4CC[C@@]3(C)C4)=NS(=O)(=O)N2Cc2ccccc2)ccc1Cl. The molecule has 1 amide bonds. The fraction of sp³-hybridized carbons (Fsp3) is 0.429. The maximum Gasteiger partial charge on any atom is 0.345 e. The van der Waals surface area contributed by atoms with Crippen LogP contribution >= 0.6 is 11.6 Å². The molecule has 36 heavy (non-hydrogen) atoms. The molecule has 1 heterocycles. The Kier molecular flexibility index (Phi) is 6.07. The van der Waals surface area contributed by atoms with E-state index >= 15 is 0 Å². The molecule has 3 aliphatic rings. The van der Waals surface area contributed by atoms with Crippen molar-refractivity contribution in [3.8, 4) is 0 Å². The van der Waals surface area contributed by atoms with Crippen molar-refractivity contribution in [2.45, 2.75) is 59.5 Å². The van der Waals surface area contributed by atoms with Gasteiger partial charge in [0, 0.05) is 11.1 Å². The van der Waals surface area contributed by atoms with E-state index in [0.717, 1.165) is 24.0 Å². The Morgan fingerprint density at radius 1 is 1.17 bits per heavy atom. The Hall–Kier alpha value is -2.64. The molecule has 190 valence electrons. The lowest BCUT2D eigenvalue weighted by Crippen LogP contribution is -2.54. The predicted molar refractivity (Wildman–Crippen MR) is 144 cm³/mol. The summed E-state index contributed by atoms with van der Waals surface area (Å²) in [4.78, 5) is 13.5. The van der Waals surface area contributed by atoms with Crippen LogP contribution in [-0.4, -0.2) is 30.4 Å². The van der Waals surface area contributed by atoms with Gasteiger partial charge in [-0.2, -0.15) is 8.42 Å². The molecular formula is C28H32ClN3O3S. The molecule has 0 radical (unpaired) electrons.